The van der Waals surface area contributed by atoms with Gasteiger partial charge in [0, 0.05) is 29.6 Å². The third-order valence-corrected chi connectivity index (χ3v) is 5.49. The smallest absolute Gasteiger partial charge is 0.251 e. The second-order valence-electron chi connectivity index (χ2n) is 6.15. The van der Waals surface area contributed by atoms with Gasteiger partial charge in [0.1, 0.15) is 6.10 Å². The molecule has 1 amide bonds. The Morgan fingerprint density at radius 3 is 2.77 bits per heavy atom. The van der Waals surface area contributed by atoms with Crippen molar-refractivity contribution in [2.45, 2.75) is 57.1 Å². The van der Waals surface area contributed by atoms with Crippen LogP contribution in [0.2, 0.25) is 0 Å². The van der Waals surface area contributed by atoms with Gasteiger partial charge in [-0.3, -0.25) is 4.79 Å². The summed E-state index contributed by atoms with van der Waals surface area (Å²) in [6, 6.07) is 3.86. The van der Waals surface area contributed by atoms with Crippen LogP contribution in [-0.4, -0.2) is 34.5 Å². The van der Waals surface area contributed by atoms with Gasteiger partial charge in [-0.2, -0.15) is 11.8 Å². The standard InChI is InChI=1S/C17H24N2O2S/c20-17(19-14-5-3-1-2-4-6-14)13-7-9-18-16(11-13)21-15-8-10-22-12-15/h7,9,11,14-15H,1-6,8,10,12H2,(H,19,20). The van der Waals surface area contributed by atoms with Gasteiger partial charge >= 0.3 is 0 Å². The molecule has 4 nitrogen and oxygen atoms in total. The zero-order chi connectivity index (χ0) is 15.2. The van der Waals surface area contributed by atoms with E-state index in [1.165, 1.54) is 25.7 Å². The van der Waals surface area contributed by atoms with Gasteiger partial charge in [-0.1, -0.05) is 25.7 Å². The maximum atomic E-state index is 12.4. The Bertz CT molecular complexity index is 495. The molecule has 0 radical (unpaired) electrons. The SMILES string of the molecule is O=C(NC1CCCCCC1)c1ccnc(OC2CCSC2)c1. The van der Waals surface area contributed by atoms with Crippen LogP contribution in [-0.2, 0) is 0 Å². The number of hydrogen-bond acceptors (Lipinski definition) is 4. The molecular formula is C17H24N2O2S. The molecule has 2 heterocycles. The summed E-state index contributed by atoms with van der Waals surface area (Å²) in [6.45, 7) is 0. The minimum atomic E-state index is -0.0000491. The van der Waals surface area contributed by atoms with Crippen molar-refractivity contribution in [2.24, 2.45) is 0 Å². The van der Waals surface area contributed by atoms with Gasteiger partial charge in [-0.05, 0) is 31.1 Å². The van der Waals surface area contributed by atoms with Crippen LogP contribution in [0.25, 0.3) is 0 Å². The van der Waals surface area contributed by atoms with Crippen molar-refractivity contribution < 1.29 is 9.53 Å². The number of aromatic nitrogens is 1. The maximum absolute atomic E-state index is 12.4. The molecule has 2 fully saturated rings. The van der Waals surface area contributed by atoms with E-state index in [4.69, 9.17) is 4.74 Å². The van der Waals surface area contributed by atoms with Crippen molar-refractivity contribution in [3.63, 3.8) is 0 Å². The Kier molecular flexibility index (Phi) is 5.59. The Hall–Kier alpha value is -1.23. The molecule has 0 aromatic carbocycles. The molecule has 1 aliphatic carbocycles. The summed E-state index contributed by atoms with van der Waals surface area (Å²) >= 11 is 1.91. The number of carbonyl (C=O) groups is 1. The Morgan fingerprint density at radius 2 is 2.05 bits per heavy atom. The van der Waals surface area contributed by atoms with E-state index < -0.39 is 0 Å². The summed E-state index contributed by atoms with van der Waals surface area (Å²) in [5, 5.41) is 3.17. The molecule has 1 aromatic rings. The van der Waals surface area contributed by atoms with Crippen LogP contribution < -0.4 is 10.1 Å². The van der Waals surface area contributed by atoms with Gasteiger partial charge in [0.25, 0.3) is 5.91 Å². The van der Waals surface area contributed by atoms with E-state index in [0.717, 1.165) is 30.8 Å². The first-order valence-electron chi connectivity index (χ1n) is 8.32. The lowest BCUT2D eigenvalue weighted by atomic mass is 10.1. The number of thioether (sulfide) groups is 1. The fourth-order valence-corrected chi connectivity index (χ4v) is 4.18. The van der Waals surface area contributed by atoms with Gasteiger partial charge in [-0.25, -0.2) is 4.98 Å². The second-order valence-corrected chi connectivity index (χ2v) is 7.30. The first kappa shape index (κ1) is 15.7. The number of rotatable bonds is 4. The number of nitrogens with one attached hydrogen (secondary N) is 1. The highest BCUT2D eigenvalue weighted by atomic mass is 32.2. The van der Waals surface area contributed by atoms with E-state index in [1.54, 1.807) is 18.3 Å². The van der Waals surface area contributed by atoms with Crippen molar-refractivity contribution in [2.75, 3.05) is 11.5 Å². The lowest BCUT2D eigenvalue weighted by Gasteiger charge is -2.17. The van der Waals surface area contributed by atoms with Crippen molar-refractivity contribution in [3.05, 3.63) is 23.9 Å². The fourth-order valence-electron chi connectivity index (χ4n) is 3.08. The van der Waals surface area contributed by atoms with Crippen LogP contribution >= 0.6 is 11.8 Å². The van der Waals surface area contributed by atoms with E-state index in [1.807, 2.05) is 11.8 Å². The summed E-state index contributed by atoms with van der Waals surface area (Å²) < 4.78 is 5.86. The largest absolute Gasteiger partial charge is 0.473 e. The number of carbonyl (C=O) groups excluding carboxylic acids is 1. The summed E-state index contributed by atoms with van der Waals surface area (Å²) in [6.07, 6.45) is 10.2. The zero-order valence-corrected chi connectivity index (χ0v) is 13.7. The molecule has 1 saturated heterocycles. The van der Waals surface area contributed by atoms with Gasteiger partial charge in [0.15, 0.2) is 0 Å². The minimum Gasteiger partial charge on any atom is -0.473 e. The predicted octanol–water partition coefficient (Wildman–Crippen LogP) is 3.42. The second kappa shape index (κ2) is 7.86. The molecule has 5 heteroatoms. The Balaban J connectivity index is 1.59. The third kappa shape index (κ3) is 4.38. The van der Waals surface area contributed by atoms with Crippen molar-refractivity contribution in [3.8, 4) is 5.88 Å². The lowest BCUT2D eigenvalue weighted by Crippen LogP contribution is -2.34. The molecule has 120 valence electrons. The number of ether oxygens (including phenoxy) is 1. The minimum absolute atomic E-state index is 0.0000491. The van der Waals surface area contributed by atoms with Gasteiger partial charge in [0.05, 0.1) is 0 Å². The van der Waals surface area contributed by atoms with Crippen molar-refractivity contribution >= 4 is 17.7 Å². The van der Waals surface area contributed by atoms with E-state index in [9.17, 15) is 4.79 Å². The van der Waals surface area contributed by atoms with Crippen LogP contribution in [0, 0.1) is 0 Å². The molecule has 1 aromatic heterocycles. The number of nitrogens with zero attached hydrogens (tertiary/aromatic N) is 1. The Labute approximate surface area is 136 Å². The summed E-state index contributed by atoms with van der Waals surface area (Å²) in [5.74, 6) is 2.73. The van der Waals surface area contributed by atoms with Crippen LogP contribution in [0.4, 0.5) is 0 Å². The molecular weight excluding hydrogens is 296 g/mol. The van der Waals surface area contributed by atoms with Crippen LogP contribution in [0.5, 0.6) is 5.88 Å². The molecule has 1 N–H and O–H groups in total. The van der Waals surface area contributed by atoms with Gasteiger partial charge < -0.3 is 10.1 Å². The molecule has 1 saturated carbocycles. The van der Waals surface area contributed by atoms with E-state index in [0.29, 0.717) is 17.5 Å². The first-order valence-corrected chi connectivity index (χ1v) is 9.48. The van der Waals surface area contributed by atoms with Crippen LogP contribution in [0.1, 0.15) is 55.3 Å². The zero-order valence-electron chi connectivity index (χ0n) is 12.9. The molecule has 2 aliphatic rings. The third-order valence-electron chi connectivity index (χ3n) is 4.36. The summed E-state index contributed by atoms with van der Waals surface area (Å²) in [4.78, 5) is 16.7. The predicted molar refractivity (Wildman–Crippen MR) is 89.6 cm³/mol. The molecule has 1 atom stereocenters. The highest BCUT2D eigenvalue weighted by Gasteiger charge is 2.19. The average Bonchev–Trinajstić information content (AvgIpc) is 2.90. The van der Waals surface area contributed by atoms with Crippen molar-refractivity contribution in [1.29, 1.82) is 0 Å². The van der Waals surface area contributed by atoms with Crippen molar-refractivity contribution in [1.82, 2.24) is 10.3 Å². The molecule has 1 unspecified atom stereocenters. The number of pyridine rings is 1. The maximum Gasteiger partial charge on any atom is 0.251 e. The lowest BCUT2D eigenvalue weighted by molar-refractivity contribution is 0.0932. The van der Waals surface area contributed by atoms with E-state index in [-0.39, 0.29) is 12.0 Å². The average molecular weight is 320 g/mol. The van der Waals surface area contributed by atoms with Crippen LogP contribution in [0.15, 0.2) is 18.3 Å². The quantitative estimate of drug-likeness (QED) is 0.864. The van der Waals surface area contributed by atoms with Crippen LogP contribution in [0.3, 0.4) is 0 Å². The van der Waals surface area contributed by atoms with Gasteiger partial charge in [-0.15, -0.1) is 0 Å². The number of amides is 1. The summed E-state index contributed by atoms with van der Waals surface area (Å²) in [7, 11) is 0. The van der Waals surface area contributed by atoms with E-state index in [2.05, 4.69) is 10.3 Å². The first-order chi connectivity index (χ1) is 10.8. The highest BCUT2D eigenvalue weighted by Crippen LogP contribution is 2.22. The summed E-state index contributed by atoms with van der Waals surface area (Å²) in [5.41, 5.74) is 0.653. The molecule has 3 rings (SSSR count). The molecule has 0 bridgehead atoms. The van der Waals surface area contributed by atoms with Gasteiger partial charge in [0.2, 0.25) is 5.88 Å². The normalized spacial score (nSPS) is 23.0. The number of hydrogen-bond donors (Lipinski definition) is 1. The van der Waals surface area contributed by atoms with E-state index >= 15 is 0 Å². The fraction of sp³-hybridized carbons (Fsp3) is 0.647. The monoisotopic (exact) mass is 320 g/mol. The Morgan fingerprint density at radius 1 is 1.23 bits per heavy atom. The topological polar surface area (TPSA) is 51.2 Å². The molecule has 0 spiro atoms. The molecule has 22 heavy (non-hydrogen) atoms. The molecule has 1 aliphatic heterocycles. The highest BCUT2D eigenvalue weighted by molar-refractivity contribution is 7.99.